The molecule has 6 heteroatoms. The highest BCUT2D eigenvalue weighted by atomic mass is 79.9. The Morgan fingerprint density at radius 2 is 2.10 bits per heavy atom. The summed E-state index contributed by atoms with van der Waals surface area (Å²) in [7, 11) is 0. The minimum atomic E-state index is -0.391. The van der Waals surface area contributed by atoms with E-state index in [9.17, 15) is 9.59 Å². The maximum Gasteiger partial charge on any atom is 0.243 e. The number of imide groups is 1. The summed E-state index contributed by atoms with van der Waals surface area (Å²) < 4.78 is 0.935. The van der Waals surface area contributed by atoms with Crippen LogP contribution in [0.3, 0.4) is 0 Å². The average molecular weight is 354 g/mol. The molecule has 1 fully saturated rings. The second-order valence-corrected chi connectivity index (χ2v) is 6.15. The van der Waals surface area contributed by atoms with Crippen molar-refractivity contribution in [3.05, 3.63) is 34.3 Å². The van der Waals surface area contributed by atoms with Crippen LogP contribution in [0.25, 0.3) is 0 Å². The van der Waals surface area contributed by atoms with Crippen LogP contribution in [0.4, 0.5) is 0 Å². The van der Waals surface area contributed by atoms with Crippen molar-refractivity contribution in [2.24, 2.45) is 5.73 Å². The number of amides is 2. The first kappa shape index (κ1) is 16.1. The lowest BCUT2D eigenvalue weighted by molar-refractivity contribution is -0.141. The molecule has 1 aromatic carbocycles. The molecule has 0 aromatic heterocycles. The smallest absolute Gasteiger partial charge is 0.243 e. The van der Waals surface area contributed by atoms with Gasteiger partial charge in [-0.15, -0.1) is 0 Å². The third-order valence-corrected chi connectivity index (χ3v) is 4.65. The van der Waals surface area contributed by atoms with Gasteiger partial charge in [0.1, 0.15) is 0 Å². The molecule has 0 radical (unpaired) electrons. The molecule has 0 spiro atoms. The van der Waals surface area contributed by atoms with Gasteiger partial charge in [0.2, 0.25) is 11.8 Å². The number of piperazine rings is 1. The van der Waals surface area contributed by atoms with Gasteiger partial charge in [0.25, 0.3) is 0 Å². The van der Waals surface area contributed by atoms with Crippen LogP contribution < -0.4 is 11.1 Å². The second-order valence-electron chi connectivity index (χ2n) is 5.30. The molecule has 2 amide bonds. The monoisotopic (exact) mass is 353 g/mol. The Kier molecular flexibility index (Phi) is 5.13. The Morgan fingerprint density at radius 3 is 2.71 bits per heavy atom. The first-order valence-electron chi connectivity index (χ1n) is 7.05. The van der Waals surface area contributed by atoms with Crippen molar-refractivity contribution < 1.29 is 9.59 Å². The lowest BCUT2D eigenvalue weighted by Crippen LogP contribution is -2.59. The van der Waals surface area contributed by atoms with E-state index in [1.165, 1.54) is 0 Å². The maximum atomic E-state index is 11.9. The zero-order valence-corrected chi connectivity index (χ0v) is 13.8. The number of benzene rings is 1. The molecule has 0 aliphatic carbocycles. The van der Waals surface area contributed by atoms with E-state index in [-0.39, 0.29) is 30.4 Å². The van der Waals surface area contributed by atoms with Crippen LogP contribution in [0.2, 0.25) is 0 Å². The average Bonchev–Trinajstić information content (AvgIpc) is 2.45. The molecule has 21 heavy (non-hydrogen) atoms. The Balaban J connectivity index is 2.43. The molecule has 1 aliphatic rings. The molecule has 1 heterocycles. The van der Waals surface area contributed by atoms with Crippen LogP contribution in [0.1, 0.15) is 31.9 Å². The highest BCUT2D eigenvalue weighted by Gasteiger charge is 2.38. The summed E-state index contributed by atoms with van der Waals surface area (Å²) in [6.07, 6.45) is 0.755. The normalized spacial score (nSPS) is 22.8. The molecule has 2 rings (SSSR count). The number of carbonyl (C=O) groups is 2. The van der Waals surface area contributed by atoms with E-state index in [4.69, 9.17) is 5.73 Å². The fraction of sp³-hybridized carbons (Fsp3) is 0.467. The van der Waals surface area contributed by atoms with Gasteiger partial charge >= 0.3 is 0 Å². The number of carbonyl (C=O) groups excluding carboxylic acids is 2. The standard InChI is InChI=1S/C15H20BrN3O2/c1-3-12(17)14(10-6-4-5-7-11(10)16)19-8-13(20)18-15(21)9(19)2/h4-7,9,12,14H,3,8,17H2,1-2H3,(H,18,20,21). The number of nitrogens with two attached hydrogens (primary N) is 1. The molecule has 5 nitrogen and oxygen atoms in total. The summed E-state index contributed by atoms with van der Waals surface area (Å²) in [6, 6.07) is 7.05. The van der Waals surface area contributed by atoms with Crippen molar-refractivity contribution in [1.82, 2.24) is 10.2 Å². The van der Waals surface area contributed by atoms with Gasteiger partial charge in [0.15, 0.2) is 0 Å². The summed E-state index contributed by atoms with van der Waals surface area (Å²) >= 11 is 3.54. The molecule has 3 N–H and O–H groups in total. The molecule has 0 bridgehead atoms. The first-order valence-corrected chi connectivity index (χ1v) is 7.84. The molecule has 3 unspecified atom stereocenters. The summed E-state index contributed by atoms with van der Waals surface area (Å²) in [5.74, 6) is -0.551. The van der Waals surface area contributed by atoms with Crippen molar-refractivity contribution >= 4 is 27.7 Å². The van der Waals surface area contributed by atoms with E-state index in [1.54, 1.807) is 6.92 Å². The SMILES string of the molecule is CCC(N)C(c1ccccc1Br)N1CC(=O)NC(=O)C1C. The molecule has 3 atom stereocenters. The van der Waals surface area contributed by atoms with E-state index < -0.39 is 6.04 Å². The van der Waals surface area contributed by atoms with E-state index in [1.807, 2.05) is 36.1 Å². The first-order chi connectivity index (χ1) is 9.95. The molecule has 1 saturated heterocycles. The predicted molar refractivity (Wildman–Crippen MR) is 84.5 cm³/mol. The quantitative estimate of drug-likeness (QED) is 0.805. The van der Waals surface area contributed by atoms with Gasteiger partial charge in [-0.25, -0.2) is 0 Å². The third-order valence-electron chi connectivity index (χ3n) is 3.92. The lowest BCUT2D eigenvalue weighted by atomic mass is 9.94. The molecule has 0 saturated carbocycles. The van der Waals surface area contributed by atoms with Crippen LogP contribution in [0.5, 0.6) is 0 Å². The van der Waals surface area contributed by atoms with Crippen LogP contribution in [0.15, 0.2) is 28.7 Å². The lowest BCUT2D eigenvalue weighted by Gasteiger charge is -2.41. The zero-order valence-electron chi connectivity index (χ0n) is 12.2. The van der Waals surface area contributed by atoms with Crippen molar-refractivity contribution in [2.75, 3.05) is 6.54 Å². The van der Waals surface area contributed by atoms with E-state index in [0.717, 1.165) is 16.5 Å². The number of nitrogens with one attached hydrogen (secondary N) is 1. The Morgan fingerprint density at radius 1 is 1.43 bits per heavy atom. The summed E-state index contributed by atoms with van der Waals surface area (Å²) in [5.41, 5.74) is 7.30. The predicted octanol–water partition coefficient (Wildman–Crippen LogP) is 1.57. The van der Waals surface area contributed by atoms with Crippen molar-refractivity contribution in [2.45, 2.75) is 38.4 Å². The third kappa shape index (κ3) is 3.33. The highest BCUT2D eigenvalue weighted by Crippen LogP contribution is 2.32. The van der Waals surface area contributed by atoms with Gasteiger partial charge in [-0.05, 0) is 25.0 Å². The second kappa shape index (κ2) is 6.68. The summed E-state index contributed by atoms with van der Waals surface area (Å²) in [6.45, 7) is 3.98. The van der Waals surface area contributed by atoms with Crippen molar-refractivity contribution in [3.8, 4) is 0 Å². The van der Waals surface area contributed by atoms with Crippen LogP contribution in [-0.4, -0.2) is 35.3 Å². The number of halogens is 1. The largest absolute Gasteiger partial charge is 0.326 e. The fourth-order valence-corrected chi connectivity index (χ4v) is 3.19. The van der Waals surface area contributed by atoms with E-state index in [2.05, 4.69) is 21.2 Å². The Hall–Kier alpha value is -1.24. The molecular formula is C15H20BrN3O2. The number of hydrogen-bond donors (Lipinski definition) is 2. The number of hydrogen-bond acceptors (Lipinski definition) is 4. The van der Waals surface area contributed by atoms with Gasteiger partial charge < -0.3 is 5.73 Å². The topological polar surface area (TPSA) is 75.4 Å². The molecule has 1 aromatic rings. The Bertz CT molecular complexity index is 549. The zero-order chi connectivity index (χ0) is 15.6. The number of nitrogens with zero attached hydrogens (tertiary/aromatic N) is 1. The highest BCUT2D eigenvalue weighted by molar-refractivity contribution is 9.10. The maximum absolute atomic E-state index is 11.9. The van der Waals surface area contributed by atoms with Crippen LogP contribution in [-0.2, 0) is 9.59 Å². The van der Waals surface area contributed by atoms with E-state index >= 15 is 0 Å². The molecule has 114 valence electrons. The molecular weight excluding hydrogens is 334 g/mol. The van der Waals surface area contributed by atoms with Gasteiger partial charge in [0.05, 0.1) is 18.6 Å². The summed E-state index contributed by atoms with van der Waals surface area (Å²) in [4.78, 5) is 25.5. The van der Waals surface area contributed by atoms with Gasteiger partial charge in [-0.1, -0.05) is 41.1 Å². The van der Waals surface area contributed by atoms with Crippen LogP contribution >= 0.6 is 15.9 Å². The van der Waals surface area contributed by atoms with Gasteiger partial charge in [-0.2, -0.15) is 0 Å². The number of rotatable bonds is 4. The van der Waals surface area contributed by atoms with Crippen molar-refractivity contribution in [3.63, 3.8) is 0 Å². The van der Waals surface area contributed by atoms with E-state index in [0.29, 0.717) is 0 Å². The van der Waals surface area contributed by atoms with Crippen molar-refractivity contribution in [1.29, 1.82) is 0 Å². The van der Waals surface area contributed by atoms with Crippen LogP contribution in [0, 0.1) is 0 Å². The minimum Gasteiger partial charge on any atom is -0.326 e. The summed E-state index contributed by atoms with van der Waals surface area (Å²) in [5, 5.41) is 2.36. The fourth-order valence-electron chi connectivity index (χ4n) is 2.67. The Labute approximate surface area is 133 Å². The molecule has 1 aliphatic heterocycles. The minimum absolute atomic E-state index is 0.162. The van der Waals surface area contributed by atoms with Gasteiger partial charge in [-0.3, -0.25) is 19.8 Å². The van der Waals surface area contributed by atoms with Gasteiger partial charge in [0, 0.05) is 10.5 Å².